The molecule has 0 atom stereocenters. The number of nitrogens with zero attached hydrogens (tertiary/aromatic N) is 2. The molecule has 108 valence electrons. The van der Waals surface area contributed by atoms with E-state index >= 15 is 0 Å². The van der Waals surface area contributed by atoms with Crippen molar-refractivity contribution in [3.63, 3.8) is 0 Å². The number of hydrazone groups is 1. The van der Waals surface area contributed by atoms with Gasteiger partial charge in [0.1, 0.15) is 0 Å². The molecule has 0 radical (unpaired) electrons. The summed E-state index contributed by atoms with van der Waals surface area (Å²) in [6.07, 6.45) is 4.20. The number of hydrogen-bond acceptors (Lipinski definition) is 3. The summed E-state index contributed by atoms with van der Waals surface area (Å²) in [5.74, 6) is 5.36. The molecule has 0 aliphatic carbocycles. The molecule has 1 aromatic carbocycles. The van der Waals surface area contributed by atoms with E-state index in [9.17, 15) is 0 Å². The van der Waals surface area contributed by atoms with Crippen molar-refractivity contribution in [3.05, 3.63) is 28.8 Å². The summed E-state index contributed by atoms with van der Waals surface area (Å²) < 4.78 is 0. The Morgan fingerprint density at radius 2 is 1.55 bits per heavy atom. The van der Waals surface area contributed by atoms with Crippen molar-refractivity contribution in [2.75, 3.05) is 18.0 Å². The van der Waals surface area contributed by atoms with Gasteiger partial charge in [0.05, 0.1) is 6.21 Å². The zero-order valence-corrected chi connectivity index (χ0v) is 13.0. The Morgan fingerprint density at radius 3 is 2.00 bits per heavy atom. The number of hydrogen-bond donors (Lipinski definition) is 1. The minimum Gasteiger partial charge on any atom is -0.371 e. The van der Waals surface area contributed by atoms with E-state index in [0.717, 1.165) is 5.56 Å². The molecule has 20 heavy (non-hydrogen) atoms. The molecule has 0 saturated heterocycles. The lowest BCUT2D eigenvalue weighted by Gasteiger charge is -2.48. The van der Waals surface area contributed by atoms with E-state index in [0.29, 0.717) is 0 Å². The first-order valence-electron chi connectivity index (χ1n) is 7.52. The predicted octanol–water partition coefficient (Wildman–Crippen LogP) is 3.15. The van der Waals surface area contributed by atoms with Gasteiger partial charge in [-0.2, -0.15) is 5.10 Å². The number of rotatable bonds is 1. The van der Waals surface area contributed by atoms with Gasteiger partial charge in [-0.05, 0) is 52.5 Å². The van der Waals surface area contributed by atoms with Crippen molar-refractivity contribution >= 4 is 11.9 Å². The molecule has 3 nitrogen and oxygen atoms in total. The van der Waals surface area contributed by atoms with E-state index in [4.69, 9.17) is 5.84 Å². The fourth-order valence-electron chi connectivity index (χ4n) is 3.62. The highest BCUT2D eigenvalue weighted by Crippen LogP contribution is 2.49. The molecular formula is C17H25N3. The first kappa shape index (κ1) is 13.5. The van der Waals surface area contributed by atoms with Crippen molar-refractivity contribution in [1.29, 1.82) is 0 Å². The molecule has 2 aliphatic heterocycles. The normalized spacial score (nSPS) is 22.9. The van der Waals surface area contributed by atoms with Gasteiger partial charge in [-0.15, -0.1) is 0 Å². The highest BCUT2D eigenvalue weighted by molar-refractivity contribution is 5.83. The Bertz CT molecular complexity index is 529. The molecule has 2 N–H and O–H groups in total. The van der Waals surface area contributed by atoms with Gasteiger partial charge in [-0.3, -0.25) is 0 Å². The second-order valence-electron chi connectivity index (χ2n) is 7.50. The third kappa shape index (κ3) is 1.91. The minimum absolute atomic E-state index is 0.229. The fourth-order valence-corrected chi connectivity index (χ4v) is 3.62. The van der Waals surface area contributed by atoms with Crippen LogP contribution in [-0.4, -0.2) is 19.3 Å². The van der Waals surface area contributed by atoms with Crippen molar-refractivity contribution in [2.24, 2.45) is 10.9 Å². The third-order valence-corrected chi connectivity index (χ3v) is 5.14. The highest BCUT2D eigenvalue weighted by atomic mass is 15.2. The van der Waals surface area contributed by atoms with Crippen LogP contribution in [0.5, 0.6) is 0 Å². The Morgan fingerprint density at radius 1 is 1.05 bits per heavy atom. The summed E-state index contributed by atoms with van der Waals surface area (Å²) >= 11 is 0. The van der Waals surface area contributed by atoms with Gasteiger partial charge >= 0.3 is 0 Å². The zero-order valence-electron chi connectivity index (χ0n) is 13.0. The van der Waals surface area contributed by atoms with Crippen molar-refractivity contribution in [3.8, 4) is 0 Å². The van der Waals surface area contributed by atoms with Crippen LogP contribution in [-0.2, 0) is 10.8 Å². The summed E-state index contributed by atoms with van der Waals surface area (Å²) in [6.45, 7) is 11.8. The predicted molar refractivity (Wildman–Crippen MR) is 85.7 cm³/mol. The SMILES string of the molecule is CC1(C)CCN2CCC(C)(C)c3cc(C=NN)cc1c32. The molecule has 3 heteroatoms. The Hall–Kier alpha value is -1.51. The largest absolute Gasteiger partial charge is 0.371 e. The molecule has 0 unspecified atom stereocenters. The third-order valence-electron chi connectivity index (χ3n) is 5.14. The lowest BCUT2D eigenvalue weighted by molar-refractivity contribution is 0.401. The van der Waals surface area contributed by atoms with Crippen LogP contribution >= 0.6 is 0 Å². The van der Waals surface area contributed by atoms with Crippen molar-refractivity contribution in [2.45, 2.75) is 51.4 Å². The number of benzene rings is 1. The zero-order chi connectivity index (χ0) is 14.5. The maximum absolute atomic E-state index is 5.36. The number of anilines is 1. The topological polar surface area (TPSA) is 41.6 Å². The van der Waals surface area contributed by atoms with Gasteiger partial charge in [-0.25, -0.2) is 0 Å². The second kappa shape index (κ2) is 4.24. The van der Waals surface area contributed by atoms with E-state index in [1.807, 2.05) is 0 Å². The van der Waals surface area contributed by atoms with Gasteiger partial charge in [0.25, 0.3) is 0 Å². The van der Waals surface area contributed by atoms with E-state index in [-0.39, 0.29) is 10.8 Å². The monoisotopic (exact) mass is 271 g/mol. The molecule has 0 spiro atoms. The standard InChI is InChI=1S/C17H25N3/c1-16(2)5-7-20-8-6-17(3,4)14-10-12(11-19-18)9-13(16)15(14)20/h9-11H,5-8,18H2,1-4H3. The highest BCUT2D eigenvalue weighted by Gasteiger charge is 2.39. The van der Waals surface area contributed by atoms with Crippen LogP contribution in [0.3, 0.4) is 0 Å². The Kier molecular flexibility index (Phi) is 2.86. The van der Waals surface area contributed by atoms with Gasteiger partial charge < -0.3 is 10.7 Å². The van der Waals surface area contributed by atoms with Gasteiger partial charge in [-0.1, -0.05) is 27.7 Å². The molecule has 0 amide bonds. The van der Waals surface area contributed by atoms with Crippen LogP contribution in [0.4, 0.5) is 5.69 Å². The molecule has 2 heterocycles. The Balaban J connectivity index is 2.30. The van der Waals surface area contributed by atoms with Crippen LogP contribution in [0.25, 0.3) is 0 Å². The average Bonchev–Trinajstić information content (AvgIpc) is 2.37. The maximum Gasteiger partial charge on any atom is 0.0538 e. The van der Waals surface area contributed by atoms with E-state index < -0.39 is 0 Å². The molecule has 0 fully saturated rings. The van der Waals surface area contributed by atoms with Crippen LogP contribution in [0, 0.1) is 0 Å². The van der Waals surface area contributed by atoms with Crippen LogP contribution in [0.15, 0.2) is 17.2 Å². The first-order chi connectivity index (χ1) is 9.35. The van der Waals surface area contributed by atoms with Gasteiger partial charge in [0.15, 0.2) is 0 Å². The van der Waals surface area contributed by atoms with E-state index in [1.165, 1.54) is 42.7 Å². The first-order valence-corrected chi connectivity index (χ1v) is 7.52. The smallest absolute Gasteiger partial charge is 0.0538 e. The van der Waals surface area contributed by atoms with E-state index in [1.54, 1.807) is 6.21 Å². The van der Waals surface area contributed by atoms with Gasteiger partial charge in [0.2, 0.25) is 0 Å². The molecule has 1 aromatic rings. The Labute approximate surface area is 121 Å². The molecule has 3 rings (SSSR count). The molecule has 2 aliphatic rings. The second-order valence-corrected chi connectivity index (χ2v) is 7.50. The molecule has 0 aromatic heterocycles. The molecule has 0 bridgehead atoms. The summed E-state index contributed by atoms with van der Waals surface area (Å²) in [7, 11) is 0. The summed E-state index contributed by atoms with van der Waals surface area (Å²) in [5, 5.41) is 3.72. The van der Waals surface area contributed by atoms with Crippen molar-refractivity contribution < 1.29 is 0 Å². The lowest BCUT2D eigenvalue weighted by atomic mass is 9.69. The average molecular weight is 271 g/mol. The van der Waals surface area contributed by atoms with Crippen LogP contribution in [0.1, 0.15) is 57.2 Å². The summed E-state index contributed by atoms with van der Waals surface area (Å²) in [5.41, 5.74) is 5.99. The fraction of sp³-hybridized carbons (Fsp3) is 0.588. The minimum atomic E-state index is 0.229. The molecule has 0 saturated carbocycles. The quantitative estimate of drug-likeness (QED) is 0.484. The summed E-state index contributed by atoms with van der Waals surface area (Å²) in [4.78, 5) is 2.57. The molecular weight excluding hydrogens is 246 g/mol. The lowest BCUT2D eigenvalue weighted by Crippen LogP contribution is -2.44. The van der Waals surface area contributed by atoms with Gasteiger partial charge in [0, 0.05) is 18.8 Å². The van der Waals surface area contributed by atoms with Crippen molar-refractivity contribution in [1.82, 2.24) is 0 Å². The maximum atomic E-state index is 5.36. The number of nitrogens with two attached hydrogens (primary N) is 1. The van der Waals surface area contributed by atoms with Crippen LogP contribution in [0.2, 0.25) is 0 Å². The van der Waals surface area contributed by atoms with E-state index in [2.05, 4.69) is 49.8 Å². The van der Waals surface area contributed by atoms with Crippen LogP contribution < -0.4 is 10.7 Å². The summed E-state index contributed by atoms with van der Waals surface area (Å²) in [6, 6.07) is 4.56.